The van der Waals surface area contributed by atoms with Crippen molar-refractivity contribution in [3.05, 3.63) is 0 Å². The Morgan fingerprint density at radius 3 is 2.53 bits per heavy atom. The van der Waals surface area contributed by atoms with Crippen molar-refractivity contribution >= 4 is 15.7 Å². The van der Waals surface area contributed by atoms with Crippen LogP contribution in [0.25, 0.3) is 0 Å². The number of amides is 1. The Morgan fingerprint density at radius 1 is 1.32 bits per heavy atom. The van der Waals surface area contributed by atoms with Crippen molar-refractivity contribution in [3.63, 3.8) is 0 Å². The molecule has 1 heterocycles. The van der Waals surface area contributed by atoms with Crippen molar-refractivity contribution in [1.82, 2.24) is 10.2 Å². The van der Waals surface area contributed by atoms with Crippen LogP contribution in [0.2, 0.25) is 0 Å². The van der Waals surface area contributed by atoms with Gasteiger partial charge in [0.05, 0.1) is 17.5 Å². The van der Waals surface area contributed by atoms with Gasteiger partial charge in [-0.15, -0.1) is 0 Å². The smallest absolute Gasteiger partial charge is 0.237 e. The van der Waals surface area contributed by atoms with Crippen LogP contribution in [0, 0.1) is 0 Å². The van der Waals surface area contributed by atoms with Crippen LogP contribution in [-0.4, -0.2) is 55.4 Å². The number of carbonyl (C=O) groups excluding carboxylic acids is 1. The van der Waals surface area contributed by atoms with Crippen LogP contribution in [0.1, 0.15) is 40.5 Å². The predicted octanol–water partition coefficient (Wildman–Crippen LogP) is 0.800. The molecule has 1 fully saturated rings. The molecule has 1 rings (SSSR count). The number of hydrogen-bond acceptors (Lipinski definition) is 4. The molecule has 6 heteroatoms. The van der Waals surface area contributed by atoms with E-state index in [9.17, 15) is 13.2 Å². The maximum Gasteiger partial charge on any atom is 0.237 e. The molecule has 112 valence electrons. The Hall–Kier alpha value is -0.620. The number of sulfone groups is 1. The fourth-order valence-corrected chi connectivity index (χ4v) is 3.32. The summed E-state index contributed by atoms with van der Waals surface area (Å²) in [5.41, 5.74) is -0.219. The maximum absolute atomic E-state index is 12.2. The average molecular weight is 290 g/mol. The van der Waals surface area contributed by atoms with Gasteiger partial charge in [0.15, 0.2) is 9.84 Å². The van der Waals surface area contributed by atoms with Crippen LogP contribution < -0.4 is 5.32 Å². The van der Waals surface area contributed by atoms with E-state index < -0.39 is 9.84 Å². The molecule has 1 aliphatic rings. The van der Waals surface area contributed by atoms with Crippen LogP contribution in [0.15, 0.2) is 0 Å². The molecule has 1 amide bonds. The summed E-state index contributed by atoms with van der Waals surface area (Å²) in [7, 11) is -2.92. The Labute approximate surface area is 116 Å². The summed E-state index contributed by atoms with van der Waals surface area (Å²) < 4.78 is 23.1. The summed E-state index contributed by atoms with van der Waals surface area (Å²) >= 11 is 0. The second-order valence-electron chi connectivity index (χ2n) is 5.94. The van der Waals surface area contributed by atoms with Gasteiger partial charge in [-0.25, -0.2) is 8.42 Å². The normalized spacial score (nSPS) is 22.5. The predicted molar refractivity (Wildman–Crippen MR) is 76.8 cm³/mol. The first-order chi connectivity index (χ1) is 8.67. The number of nitrogens with zero attached hydrogens (tertiary/aromatic N) is 1. The molecule has 0 aliphatic carbocycles. The van der Waals surface area contributed by atoms with Crippen LogP contribution in [0.4, 0.5) is 0 Å². The molecule has 0 saturated carbocycles. The highest BCUT2D eigenvalue weighted by atomic mass is 32.2. The highest BCUT2D eigenvalue weighted by Crippen LogP contribution is 2.12. The SMILES string of the molecule is CCC(C)(C)NC(=O)C(C)N1CCCS(=O)(=O)CC1. The second-order valence-corrected chi connectivity index (χ2v) is 8.25. The molecular formula is C13H26N2O3S. The summed E-state index contributed by atoms with van der Waals surface area (Å²) in [5, 5.41) is 3.01. The zero-order chi connectivity index (χ0) is 14.7. The lowest BCUT2D eigenvalue weighted by molar-refractivity contribution is -0.127. The Morgan fingerprint density at radius 2 is 1.95 bits per heavy atom. The fraction of sp³-hybridized carbons (Fsp3) is 0.923. The second kappa shape index (κ2) is 6.22. The minimum atomic E-state index is -2.92. The van der Waals surface area contributed by atoms with Gasteiger partial charge in [0.2, 0.25) is 5.91 Å². The molecule has 1 aliphatic heterocycles. The van der Waals surface area contributed by atoms with Crippen molar-refractivity contribution in [2.24, 2.45) is 0 Å². The summed E-state index contributed by atoms with van der Waals surface area (Å²) in [6.07, 6.45) is 1.47. The van der Waals surface area contributed by atoms with E-state index in [1.54, 1.807) is 0 Å². The summed E-state index contributed by atoms with van der Waals surface area (Å²) in [6, 6.07) is -0.279. The minimum absolute atomic E-state index is 0.0221. The number of hydrogen-bond donors (Lipinski definition) is 1. The van der Waals surface area contributed by atoms with E-state index in [-0.39, 0.29) is 29.0 Å². The van der Waals surface area contributed by atoms with Gasteiger partial charge in [0, 0.05) is 12.1 Å². The zero-order valence-electron chi connectivity index (χ0n) is 12.4. The summed E-state index contributed by atoms with van der Waals surface area (Å²) in [5.74, 6) is 0.367. The van der Waals surface area contributed by atoms with Crippen molar-refractivity contribution in [1.29, 1.82) is 0 Å². The van der Waals surface area contributed by atoms with E-state index in [0.717, 1.165) is 6.42 Å². The van der Waals surface area contributed by atoms with Gasteiger partial charge < -0.3 is 5.32 Å². The first-order valence-corrected chi connectivity index (χ1v) is 8.75. The van der Waals surface area contributed by atoms with E-state index in [0.29, 0.717) is 19.5 Å². The number of nitrogens with one attached hydrogen (secondary N) is 1. The van der Waals surface area contributed by atoms with Crippen molar-refractivity contribution in [2.75, 3.05) is 24.6 Å². The first-order valence-electron chi connectivity index (χ1n) is 6.93. The van der Waals surface area contributed by atoms with Gasteiger partial charge in [0.25, 0.3) is 0 Å². The Kier molecular flexibility index (Phi) is 5.38. The standard InChI is InChI=1S/C13H26N2O3S/c1-5-13(3,4)14-12(16)11(2)15-7-6-9-19(17,18)10-8-15/h11H,5-10H2,1-4H3,(H,14,16). The summed E-state index contributed by atoms with van der Waals surface area (Å²) in [6.45, 7) is 8.97. The highest BCUT2D eigenvalue weighted by Gasteiger charge is 2.28. The number of carbonyl (C=O) groups is 1. The zero-order valence-corrected chi connectivity index (χ0v) is 13.2. The third kappa shape index (κ3) is 5.10. The largest absolute Gasteiger partial charge is 0.350 e. The minimum Gasteiger partial charge on any atom is -0.350 e. The monoisotopic (exact) mass is 290 g/mol. The Balaban J connectivity index is 2.62. The third-order valence-electron chi connectivity index (χ3n) is 3.86. The molecule has 0 radical (unpaired) electrons. The van der Waals surface area contributed by atoms with Crippen molar-refractivity contribution in [3.8, 4) is 0 Å². The van der Waals surface area contributed by atoms with Gasteiger partial charge in [-0.2, -0.15) is 0 Å². The Bertz CT molecular complexity index is 418. The van der Waals surface area contributed by atoms with E-state index in [4.69, 9.17) is 0 Å². The fourth-order valence-electron chi connectivity index (χ4n) is 2.04. The van der Waals surface area contributed by atoms with Crippen LogP contribution in [0.5, 0.6) is 0 Å². The van der Waals surface area contributed by atoms with Crippen LogP contribution >= 0.6 is 0 Å². The quantitative estimate of drug-likeness (QED) is 0.832. The first kappa shape index (κ1) is 16.4. The average Bonchev–Trinajstić information content (AvgIpc) is 2.49. The van der Waals surface area contributed by atoms with Crippen LogP contribution in [0.3, 0.4) is 0 Å². The maximum atomic E-state index is 12.2. The van der Waals surface area contributed by atoms with E-state index in [1.165, 1.54) is 0 Å². The van der Waals surface area contributed by atoms with Gasteiger partial charge in [-0.1, -0.05) is 6.92 Å². The highest BCUT2D eigenvalue weighted by molar-refractivity contribution is 7.91. The molecule has 0 bridgehead atoms. The molecule has 1 saturated heterocycles. The molecule has 1 N–H and O–H groups in total. The molecule has 0 aromatic rings. The molecular weight excluding hydrogens is 264 g/mol. The molecule has 0 spiro atoms. The topological polar surface area (TPSA) is 66.5 Å². The van der Waals surface area contributed by atoms with E-state index >= 15 is 0 Å². The third-order valence-corrected chi connectivity index (χ3v) is 5.58. The lowest BCUT2D eigenvalue weighted by Crippen LogP contribution is -2.52. The lowest BCUT2D eigenvalue weighted by atomic mass is 10.0. The molecule has 0 aromatic carbocycles. The molecule has 0 aromatic heterocycles. The van der Waals surface area contributed by atoms with Gasteiger partial charge in [0.1, 0.15) is 0 Å². The van der Waals surface area contributed by atoms with Gasteiger partial charge >= 0.3 is 0 Å². The van der Waals surface area contributed by atoms with Gasteiger partial charge in [-0.3, -0.25) is 9.69 Å². The molecule has 1 unspecified atom stereocenters. The number of rotatable bonds is 4. The van der Waals surface area contributed by atoms with E-state index in [2.05, 4.69) is 5.32 Å². The summed E-state index contributed by atoms with van der Waals surface area (Å²) in [4.78, 5) is 14.2. The molecule has 19 heavy (non-hydrogen) atoms. The lowest BCUT2D eigenvalue weighted by Gasteiger charge is -2.31. The molecule has 5 nitrogen and oxygen atoms in total. The van der Waals surface area contributed by atoms with Crippen molar-refractivity contribution < 1.29 is 13.2 Å². The van der Waals surface area contributed by atoms with Crippen LogP contribution in [-0.2, 0) is 14.6 Å². The molecule has 1 atom stereocenters. The van der Waals surface area contributed by atoms with Gasteiger partial charge in [-0.05, 0) is 40.2 Å². The van der Waals surface area contributed by atoms with E-state index in [1.807, 2.05) is 32.6 Å². The van der Waals surface area contributed by atoms with Crippen molar-refractivity contribution in [2.45, 2.75) is 52.1 Å².